The number of aryl methyl sites for hydroxylation is 1. The molecule has 118 valence electrons. The molecule has 1 amide bonds. The van der Waals surface area contributed by atoms with Crippen LogP contribution in [0.3, 0.4) is 0 Å². The molecule has 0 aliphatic rings. The number of hydrogen-bond acceptors (Lipinski definition) is 4. The number of nitrogens with one attached hydrogen (secondary N) is 1. The van der Waals surface area contributed by atoms with Crippen molar-refractivity contribution in [2.45, 2.75) is 19.5 Å². The predicted molar refractivity (Wildman–Crippen MR) is 72.2 cm³/mol. The molecule has 0 radical (unpaired) electrons. The summed E-state index contributed by atoms with van der Waals surface area (Å²) in [5.74, 6) is -0.372. The van der Waals surface area contributed by atoms with Gasteiger partial charge >= 0.3 is 6.18 Å². The Morgan fingerprint density at radius 1 is 1.43 bits per heavy atom. The highest BCUT2D eigenvalue weighted by molar-refractivity contribution is 5.95. The number of anilines is 1. The zero-order valence-corrected chi connectivity index (χ0v) is 11.9. The third-order valence-corrected chi connectivity index (χ3v) is 2.77. The molecule has 0 bridgehead atoms. The van der Waals surface area contributed by atoms with Crippen LogP contribution in [-0.4, -0.2) is 53.8 Å². The number of hydrogen-bond donors (Lipinski definition) is 2. The Kier molecular flexibility index (Phi) is 5.95. The number of aliphatic hydroxyl groups excluding tert-OH is 1. The smallest absolute Gasteiger partial charge is 0.395 e. The van der Waals surface area contributed by atoms with Crippen molar-refractivity contribution in [3.05, 3.63) is 23.4 Å². The van der Waals surface area contributed by atoms with Crippen LogP contribution in [0.2, 0.25) is 0 Å². The monoisotopic (exact) mass is 305 g/mol. The number of aromatic nitrogens is 1. The van der Waals surface area contributed by atoms with Crippen molar-refractivity contribution in [3.63, 3.8) is 0 Å². The van der Waals surface area contributed by atoms with Crippen LogP contribution in [0.1, 0.15) is 23.0 Å². The summed E-state index contributed by atoms with van der Waals surface area (Å²) < 4.78 is 37.5. The van der Waals surface area contributed by atoms with Crippen molar-refractivity contribution in [1.29, 1.82) is 0 Å². The first-order valence-corrected chi connectivity index (χ1v) is 6.46. The van der Waals surface area contributed by atoms with Crippen LogP contribution in [0.4, 0.5) is 19.0 Å². The van der Waals surface area contributed by atoms with Gasteiger partial charge in [0, 0.05) is 24.8 Å². The molecule has 0 saturated heterocycles. The number of amides is 1. The van der Waals surface area contributed by atoms with E-state index in [1.165, 1.54) is 12.1 Å². The maximum absolute atomic E-state index is 12.5. The molecule has 2 N–H and O–H groups in total. The molecule has 0 saturated carbocycles. The van der Waals surface area contributed by atoms with E-state index in [1.807, 2.05) is 6.92 Å². The first-order valence-electron chi connectivity index (χ1n) is 6.46. The third-order valence-electron chi connectivity index (χ3n) is 2.77. The van der Waals surface area contributed by atoms with Crippen LogP contribution in [0.15, 0.2) is 12.1 Å². The Morgan fingerprint density at radius 3 is 2.57 bits per heavy atom. The first-order chi connectivity index (χ1) is 9.80. The molecule has 0 fully saturated rings. The van der Waals surface area contributed by atoms with Gasteiger partial charge in [-0.25, -0.2) is 4.98 Å². The molecule has 0 aromatic carbocycles. The Labute approximate surface area is 120 Å². The molecule has 0 unspecified atom stereocenters. The van der Waals surface area contributed by atoms with Crippen LogP contribution in [0, 0.1) is 0 Å². The SMILES string of the molecule is CCc1cc(C(=O)N(CCO)CC(F)(F)F)cc(NC)n1. The zero-order valence-electron chi connectivity index (χ0n) is 11.9. The van der Waals surface area contributed by atoms with E-state index in [2.05, 4.69) is 10.3 Å². The summed E-state index contributed by atoms with van der Waals surface area (Å²) in [6, 6.07) is 2.85. The van der Waals surface area contributed by atoms with Gasteiger partial charge in [-0.1, -0.05) is 6.92 Å². The normalized spacial score (nSPS) is 11.3. The van der Waals surface area contributed by atoms with Gasteiger partial charge in [0.05, 0.1) is 6.61 Å². The van der Waals surface area contributed by atoms with Gasteiger partial charge in [-0.05, 0) is 18.6 Å². The van der Waals surface area contributed by atoms with Gasteiger partial charge in [-0.2, -0.15) is 13.2 Å². The van der Waals surface area contributed by atoms with E-state index in [9.17, 15) is 18.0 Å². The first kappa shape index (κ1) is 17.2. The van der Waals surface area contributed by atoms with Gasteiger partial charge in [-0.15, -0.1) is 0 Å². The summed E-state index contributed by atoms with van der Waals surface area (Å²) in [6.45, 7) is -0.480. The summed E-state index contributed by atoms with van der Waals surface area (Å²) in [5.41, 5.74) is 0.713. The quantitative estimate of drug-likeness (QED) is 0.839. The van der Waals surface area contributed by atoms with E-state index in [4.69, 9.17) is 5.11 Å². The highest BCUT2D eigenvalue weighted by Crippen LogP contribution is 2.19. The van der Waals surface area contributed by atoms with Crippen molar-refractivity contribution < 1.29 is 23.1 Å². The van der Waals surface area contributed by atoms with Crippen molar-refractivity contribution in [2.24, 2.45) is 0 Å². The largest absolute Gasteiger partial charge is 0.406 e. The van der Waals surface area contributed by atoms with Crippen molar-refractivity contribution in [2.75, 3.05) is 32.1 Å². The van der Waals surface area contributed by atoms with E-state index in [-0.39, 0.29) is 12.1 Å². The number of pyridine rings is 1. The number of alkyl halides is 3. The number of nitrogens with zero attached hydrogens (tertiary/aromatic N) is 2. The summed E-state index contributed by atoms with van der Waals surface area (Å²) in [4.78, 5) is 17.0. The van der Waals surface area contributed by atoms with Crippen LogP contribution in [-0.2, 0) is 6.42 Å². The van der Waals surface area contributed by atoms with Crippen LogP contribution >= 0.6 is 0 Å². The molecule has 1 aromatic heterocycles. The van der Waals surface area contributed by atoms with Gasteiger partial charge in [0.15, 0.2) is 0 Å². The molecular weight excluding hydrogens is 287 g/mol. The summed E-state index contributed by atoms with van der Waals surface area (Å²) in [7, 11) is 1.61. The molecular formula is C13H18F3N3O2. The molecule has 1 heterocycles. The molecule has 0 atom stereocenters. The Hall–Kier alpha value is -1.83. The Bertz CT molecular complexity index is 470. The number of carbonyl (C=O) groups excluding carboxylic acids is 1. The molecule has 1 rings (SSSR count). The lowest BCUT2D eigenvalue weighted by atomic mass is 10.1. The van der Waals surface area contributed by atoms with Crippen molar-refractivity contribution >= 4 is 11.7 Å². The highest BCUT2D eigenvalue weighted by atomic mass is 19.4. The molecule has 8 heteroatoms. The maximum atomic E-state index is 12.5. The molecule has 0 spiro atoms. The van der Waals surface area contributed by atoms with Gasteiger partial charge in [0.25, 0.3) is 5.91 Å². The third kappa shape index (κ3) is 5.22. The summed E-state index contributed by atoms with van der Waals surface area (Å²) in [5, 5.41) is 11.6. The summed E-state index contributed by atoms with van der Waals surface area (Å²) >= 11 is 0. The van der Waals surface area contributed by atoms with Gasteiger partial charge in [-0.3, -0.25) is 4.79 Å². The fourth-order valence-corrected chi connectivity index (χ4v) is 1.79. The highest BCUT2D eigenvalue weighted by Gasteiger charge is 2.33. The van der Waals surface area contributed by atoms with Crippen molar-refractivity contribution in [3.8, 4) is 0 Å². The fraction of sp³-hybridized carbons (Fsp3) is 0.538. The second-order valence-corrected chi connectivity index (χ2v) is 4.40. The minimum atomic E-state index is -4.52. The van der Waals surface area contributed by atoms with E-state index >= 15 is 0 Å². The average Bonchev–Trinajstić information content (AvgIpc) is 2.44. The second-order valence-electron chi connectivity index (χ2n) is 4.40. The van der Waals surface area contributed by atoms with E-state index < -0.39 is 25.2 Å². The lowest BCUT2D eigenvalue weighted by molar-refractivity contribution is -0.141. The van der Waals surface area contributed by atoms with Gasteiger partial charge in [0.2, 0.25) is 0 Å². The Morgan fingerprint density at radius 2 is 2.10 bits per heavy atom. The molecule has 0 aliphatic heterocycles. The summed E-state index contributed by atoms with van der Waals surface area (Å²) in [6.07, 6.45) is -3.97. The van der Waals surface area contributed by atoms with E-state index in [0.717, 1.165) is 0 Å². The number of carbonyl (C=O) groups is 1. The molecule has 5 nitrogen and oxygen atoms in total. The average molecular weight is 305 g/mol. The van der Waals surface area contributed by atoms with Crippen molar-refractivity contribution in [1.82, 2.24) is 9.88 Å². The van der Waals surface area contributed by atoms with E-state index in [0.29, 0.717) is 22.8 Å². The zero-order chi connectivity index (χ0) is 16.0. The topological polar surface area (TPSA) is 65.5 Å². The van der Waals surface area contributed by atoms with Gasteiger partial charge in [0.1, 0.15) is 12.4 Å². The number of aliphatic hydroxyl groups is 1. The second kappa shape index (κ2) is 7.26. The fourth-order valence-electron chi connectivity index (χ4n) is 1.79. The van der Waals surface area contributed by atoms with Crippen LogP contribution in [0.5, 0.6) is 0 Å². The van der Waals surface area contributed by atoms with E-state index in [1.54, 1.807) is 7.05 Å². The molecule has 1 aromatic rings. The lowest BCUT2D eigenvalue weighted by Gasteiger charge is -2.23. The molecule has 0 aliphatic carbocycles. The van der Waals surface area contributed by atoms with Crippen LogP contribution in [0.25, 0.3) is 0 Å². The Balaban J connectivity index is 3.07. The number of rotatable bonds is 6. The maximum Gasteiger partial charge on any atom is 0.406 e. The minimum absolute atomic E-state index is 0.115. The minimum Gasteiger partial charge on any atom is -0.395 e. The molecule has 21 heavy (non-hydrogen) atoms. The standard InChI is InChI=1S/C13H18F3N3O2/c1-3-10-6-9(7-11(17-2)18-10)12(21)19(4-5-20)8-13(14,15)16/h6-7,20H,3-5,8H2,1-2H3,(H,17,18). The van der Waals surface area contributed by atoms with Gasteiger partial charge < -0.3 is 15.3 Å². The predicted octanol–water partition coefficient (Wildman–Crippen LogP) is 1.68. The van der Waals surface area contributed by atoms with Crippen LogP contribution < -0.4 is 5.32 Å². The number of halogens is 3. The lowest BCUT2D eigenvalue weighted by Crippen LogP contribution is -2.40.